The maximum atomic E-state index is 13.3. The van der Waals surface area contributed by atoms with E-state index >= 15 is 0 Å². The van der Waals surface area contributed by atoms with Crippen LogP contribution in [0.15, 0.2) is 47.5 Å². The van der Waals surface area contributed by atoms with Crippen LogP contribution in [0.3, 0.4) is 0 Å². The van der Waals surface area contributed by atoms with Crippen molar-refractivity contribution in [1.29, 1.82) is 0 Å². The van der Waals surface area contributed by atoms with Crippen molar-refractivity contribution in [2.45, 2.75) is 19.8 Å². The van der Waals surface area contributed by atoms with Gasteiger partial charge in [-0.15, -0.1) is 11.3 Å². The Hall–Kier alpha value is -2.80. The van der Waals surface area contributed by atoms with E-state index in [0.717, 1.165) is 42.2 Å². The van der Waals surface area contributed by atoms with Gasteiger partial charge in [-0.2, -0.15) is 0 Å². The number of amides is 2. The molecule has 1 saturated heterocycles. The number of thiophene rings is 1. The van der Waals surface area contributed by atoms with E-state index in [1.807, 2.05) is 35.7 Å². The number of imide groups is 1. The van der Waals surface area contributed by atoms with Crippen LogP contribution >= 0.6 is 11.3 Å². The molecular weight excluding hydrogens is 398 g/mol. The van der Waals surface area contributed by atoms with Gasteiger partial charge in [-0.1, -0.05) is 31.5 Å². The summed E-state index contributed by atoms with van der Waals surface area (Å²) >= 11 is 1.51. The van der Waals surface area contributed by atoms with Gasteiger partial charge in [0.05, 0.1) is 18.4 Å². The molecule has 0 saturated carbocycles. The summed E-state index contributed by atoms with van der Waals surface area (Å²) < 4.78 is 5.51. The Balaban J connectivity index is 1.58. The number of methoxy groups -OCH3 is 1. The van der Waals surface area contributed by atoms with Crippen molar-refractivity contribution in [2.24, 2.45) is 0 Å². The maximum Gasteiger partial charge on any atom is 0.277 e. The van der Waals surface area contributed by atoms with Crippen LogP contribution in [-0.2, 0) is 9.59 Å². The number of unbranched alkanes of at least 4 members (excludes halogenated alkanes) is 1. The van der Waals surface area contributed by atoms with Crippen molar-refractivity contribution in [1.82, 2.24) is 9.80 Å². The van der Waals surface area contributed by atoms with E-state index in [1.54, 1.807) is 7.11 Å². The number of carbonyl (C=O) groups excluding carboxylic acids is 2. The van der Waals surface area contributed by atoms with Crippen LogP contribution in [-0.4, -0.2) is 61.4 Å². The Labute approximate surface area is 181 Å². The Morgan fingerprint density at radius 3 is 2.37 bits per heavy atom. The first-order chi connectivity index (χ1) is 14.7. The second-order valence-corrected chi connectivity index (χ2v) is 8.41. The standard InChI is InChI=1S/C23H27N3O3S/c1-3-4-11-26-22(27)20(19-10-7-16-30-19)21(23(26)28)25-14-12-24(13-15-25)17-8-5-6-9-18(17)29-2/h5-10,16H,3-4,11-15H2,1-2H3. The SMILES string of the molecule is CCCCN1C(=O)C(c2cccs2)=C(N2CCN(c3ccccc3OC)CC2)C1=O. The summed E-state index contributed by atoms with van der Waals surface area (Å²) in [6.07, 6.45) is 1.77. The Kier molecular flexibility index (Phi) is 6.08. The second kappa shape index (κ2) is 8.92. The van der Waals surface area contributed by atoms with Crippen molar-refractivity contribution in [3.8, 4) is 5.75 Å². The van der Waals surface area contributed by atoms with E-state index in [9.17, 15) is 9.59 Å². The third-order valence-corrected chi connectivity index (χ3v) is 6.56. The summed E-state index contributed by atoms with van der Waals surface area (Å²) in [6.45, 7) is 5.44. The van der Waals surface area contributed by atoms with Gasteiger partial charge >= 0.3 is 0 Å². The fourth-order valence-electron chi connectivity index (χ4n) is 4.08. The third kappa shape index (κ3) is 3.69. The number of anilines is 1. The highest BCUT2D eigenvalue weighted by Crippen LogP contribution is 2.35. The highest BCUT2D eigenvalue weighted by atomic mass is 32.1. The molecule has 3 heterocycles. The maximum absolute atomic E-state index is 13.3. The van der Waals surface area contributed by atoms with E-state index in [1.165, 1.54) is 16.2 Å². The summed E-state index contributed by atoms with van der Waals surface area (Å²) in [7, 11) is 1.68. The average molecular weight is 426 g/mol. The molecular formula is C23H27N3O3S. The third-order valence-electron chi connectivity index (χ3n) is 5.67. The van der Waals surface area contributed by atoms with Crippen LogP contribution in [0.25, 0.3) is 5.57 Å². The molecule has 0 spiro atoms. The monoisotopic (exact) mass is 425 g/mol. The minimum atomic E-state index is -0.155. The van der Waals surface area contributed by atoms with Gasteiger partial charge in [0.15, 0.2) is 0 Å². The molecule has 1 aromatic carbocycles. The van der Waals surface area contributed by atoms with Gasteiger partial charge in [-0.05, 0) is 30.0 Å². The fourth-order valence-corrected chi connectivity index (χ4v) is 4.84. The Bertz CT molecular complexity index is 946. The molecule has 2 aliphatic rings. The molecule has 0 aliphatic carbocycles. The molecule has 4 rings (SSSR count). The molecule has 158 valence electrons. The zero-order chi connectivity index (χ0) is 21.1. The molecule has 1 fully saturated rings. The summed E-state index contributed by atoms with van der Waals surface area (Å²) in [5, 5.41) is 1.95. The van der Waals surface area contributed by atoms with Crippen molar-refractivity contribution in [3.05, 3.63) is 52.4 Å². The lowest BCUT2D eigenvalue weighted by atomic mass is 10.1. The van der Waals surface area contributed by atoms with Gasteiger partial charge in [0.2, 0.25) is 0 Å². The number of para-hydroxylation sites is 2. The normalized spacial score (nSPS) is 17.3. The van der Waals surface area contributed by atoms with E-state index < -0.39 is 0 Å². The number of benzene rings is 1. The first-order valence-electron chi connectivity index (χ1n) is 10.4. The number of hydrogen-bond donors (Lipinski definition) is 0. The average Bonchev–Trinajstić information content (AvgIpc) is 3.39. The summed E-state index contributed by atoms with van der Waals surface area (Å²) in [4.78, 5) is 33.1. The second-order valence-electron chi connectivity index (χ2n) is 7.46. The van der Waals surface area contributed by atoms with Crippen LogP contribution in [0.1, 0.15) is 24.6 Å². The van der Waals surface area contributed by atoms with Gasteiger partial charge in [-0.25, -0.2) is 0 Å². The quantitative estimate of drug-likeness (QED) is 0.636. The minimum absolute atomic E-state index is 0.150. The molecule has 2 amide bonds. The lowest BCUT2D eigenvalue weighted by molar-refractivity contribution is -0.137. The van der Waals surface area contributed by atoms with Crippen molar-refractivity contribution in [3.63, 3.8) is 0 Å². The molecule has 0 atom stereocenters. The van der Waals surface area contributed by atoms with Crippen LogP contribution < -0.4 is 9.64 Å². The number of piperazine rings is 1. The van der Waals surface area contributed by atoms with Gasteiger partial charge in [0, 0.05) is 37.6 Å². The number of nitrogens with zero attached hydrogens (tertiary/aromatic N) is 3. The highest BCUT2D eigenvalue weighted by Gasteiger charge is 2.42. The fraction of sp³-hybridized carbons (Fsp3) is 0.391. The predicted octanol–water partition coefficient (Wildman–Crippen LogP) is 3.46. The van der Waals surface area contributed by atoms with Crippen LogP contribution in [0.4, 0.5) is 5.69 Å². The zero-order valence-corrected chi connectivity index (χ0v) is 18.3. The van der Waals surface area contributed by atoms with Gasteiger partial charge in [0.1, 0.15) is 11.4 Å². The van der Waals surface area contributed by atoms with Crippen LogP contribution in [0.5, 0.6) is 5.75 Å². The largest absolute Gasteiger partial charge is 0.495 e. The molecule has 1 aromatic heterocycles. The van der Waals surface area contributed by atoms with Gasteiger partial charge in [0.25, 0.3) is 11.8 Å². The Morgan fingerprint density at radius 2 is 1.70 bits per heavy atom. The Morgan fingerprint density at radius 1 is 0.967 bits per heavy atom. The molecule has 30 heavy (non-hydrogen) atoms. The number of hydrogen-bond acceptors (Lipinski definition) is 6. The molecule has 0 unspecified atom stereocenters. The van der Waals surface area contributed by atoms with Gasteiger partial charge in [-0.3, -0.25) is 14.5 Å². The van der Waals surface area contributed by atoms with Crippen molar-refractivity contribution in [2.75, 3.05) is 44.7 Å². The van der Waals surface area contributed by atoms with E-state index in [4.69, 9.17) is 4.74 Å². The molecule has 0 N–H and O–H groups in total. The molecule has 6 nitrogen and oxygen atoms in total. The first kappa shape index (κ1) is 20.5. The highest BCUT2D eigenvalue weighted by molar-refractivity contribution is 7.11. The molecule has 2 aliphatic heterocycles. The molecule has 0 bridgehead atoms. The summed E-state index contributed by atoms with van der Waals surface area (Å²) in [5.41, 5.74) is 2.19. The lowest BCUT2D eigenvalue weighted by Crippen LogP contribution is -2.47. The molecule has 0 radical (unpaired) electrons. The number of carbonyl (C=O) groups is 2. The topological polar surface area (TPSA) is 53.1 Å². The van der Waals surface area contributed by atoms with Crippen LogP contribution in [0.2, 0.25) is 0 Å². The van der Waals surface area contributed by atoms with Crippen molar-refractivity contribution < 1.29 is 14.3 Å². The van der Waals surface area contributed by atoms with Gasteiger partial charge < -0.3 is 14.5 Å². The van der Waals surface area contributed by atoms with Crippen molar-refractivity contribution >= 4 is 34.4 Å². The number of ether oxygens (including phenoxy) is 1. The van der Waals surface area contributed by atoms with Crippen LogP contribution in [0, 0.1) is 0 Å². The van der Waals surface area contributed by atoms with E-state index in [0.29, 0.717) is 30.9 Å². The summed E-state index contributed by atoms with van der Waals surface area (Å²) in [6, 6.07) is 11.8. The van der Waals surface area contributed by atoms with E-state index in [-0.39, 0.29) is 11.8 Å². The van der Waals surface area contributed by atoms with E-state index in [2.05, 4.69) is 22.8 Å². The smallest absolute Gasteiger partial charge is 0.277 e. The zero-order valence-electron chi connectivity index (χ0n) is 17.5. The predicted molar refractivity (Wildman–Crippen MR) is 120 cm³/mol. The first-order valence-corrected chi connectivity index (χ1v) is 11.3. The summed E-state index contributed by atoms with van der Waals surface area (Å²) in [5.74, 6) is 0.544. The number of rotatable bonds is 7. The molecule has 2 aromatic rings. The minimum Gasteiger partial charge on any atom is -0.495 e. The molecule has 7 heteroatoms. The lowest BCUT2D eigenvalue weighted by Gasteiger charge is -2.38.